The second-order valence-electron chi connectivity index (χ2n) is 11.5. The average molecular weight is 609 g/mol. The molecule has 1 N–H and O–H groups in total. The Morgan fingerprint density at radius 1 is 1.04 bits per heavy atom. The molecule has 0 saturated carbocycles. The first-order valence-electron chi connectivity index (χ1n) is 15.5. The van der Waals surface area contributed by atoms with Gasteiger partial charge in [-0.3, -0.25) is 14.5 Å². The van der Waals surface area contributed by atoms with Gasteiger partial charge in [0.2, 0.25) is 0 Å². The molecule has 2 heterocycles. The van der Waals surface area contributed by atoms with E-state index in [-0.39, 0.29) is 25.5 Å². The number of nitrogens with zero attached hydrogens (tertiary/aromatic N) is 3. The zero-order valence-electron chi connectivity index (χ0n) is 25.9. The predicted octanol–water partition coefficient (Wildman–Crippen LogP) is 4.89. The first kappa shape index (κ1) is 31.8. The summed E-state index contributed by atoms with van der Waals surface area (Å²) in [5.74, 6) is 0.0886. The van der Waals surface area contributed by atoms with Crippen molar-refractivity contribution in [2.24, 2.45) is 5.92 Å². The van der Waals surface area contributed by atoms with Crippen molar-refractivity contribution in [1.82, 2.24) is 20.2 Å². The number of esters is 1. The summed E-state index contributed by atoms with van der Waals surface area (Å²) in [6, 6.07) is 19.8. The molecule has 2 aromatic carbocycles. The molecule has 1 aliphatic carbocycles. The molecule has 0 spiro atoms. The molecule has 2 aliphatic rings. The molecule has 5 rings (SSSR count). The Labute approximate surface area is 264 Å². The van der Waals surface area contributed by atoms with Crippen molar-refractivity contribution in [2.75, 3.05) is 26.2 Å². The minimum atomic E-state index is -0.641. The van der Waals surface area contributed by atoms with Gasteiger partial charge in [0.15, 0.2) is 11.4 Å². The van der Waals surface area contributed by atoms with Gasteiger partial charge in [-0.1, -0.05) is 78.9 Å². The van der Waals surface area contributed by atoms with E-state index in [0.717, 1.165) is 48.9 Å². The number of hydrogen-bond acceptors (Lipinski definition) is 8. The lowest BCUT2D eigenvalue weighted by Gasteiger charge is -2.43. The Morgan fingerprint density at radius 2 is 1.76 bits per heavy atom. The Hall–Kier alpha value is -4.63. The molecule has 1 atom stereocenters. The summed E-state index contributed by atoms with van der Waals surface area (Å²) < 4.78 is 11.0. The normalized spacial score (nSPS) is 18.6. The van der Waals surface area contributed by atoms with Crippen LogP contribution in [0.3, 0.4) is 0 Å². The van der Waals surface area contributed by atoms with Gasteiger partial charge in [0.05, 0.1) is 17.8 Å². The highest BCUT2D eigenvalue weighted by Gasteiger charge is 2.37. The number of aldehydes is 1. The number of nitrogens with one attached hydrogen (secondary N) is 1. The first-order chi connectivity index (χ1) is 21.9. The van der Waals surface area contributed by atoms with Gasteiger partial charge in [-0.15, -0.1) is 0 Å². The van der Waals surface area contributed by atoms with Crippen LogP contribution in [0.5, 0.6) is 5.75 Å². The standard InChI is InChI=1S/C36H40N4O5/c1-3-44-32(42)23-37-35(43)33-34(45-24-28-10-6-4-7-11-28)26(2)38-31(39-33)22-27-16-20-40(21-17-27)36(25-41)18-14-30(15-19-36)29-12-8-5-9-13-29/h4-15,18,25,27H,3,16-17,19-24H2,1-2H3,(H,37,43). The smallest absolute Gasteiger partial charge is 0.325 e. The number of carbonyl (C=O) groups is 3. The lowest BCUT2D eigenvalue weighted by atomic mass is 9.83. The summed E-state index contributed by atoms with van der Waals surface area (Å²) in [6.45, 7) is 5.26. The van der Waals surface area contributed by atoms with Gasteiger partial charge in [-0.05, 0) is 68.8 Å². The van der Waals surface area contributed by atoms with Crippen LogP contribution in [-0.4, -0.2) is 64.8 Å². The molecule has 1 amide bonds. The zero-order valence-corrected chi connectivity index (χ0v) is 25.9. The van der Waals surface area contributed by atoms with Gasteiger partial charge in [-0.25, -0.2) is 9.97 Å². The van der Waals surface area contributed by atoms with Gasteiger partial charge in [0.1, 0.15) is 25.3 Å². The highest BCUT2D eigenvalue weighted by atomic mass is 16.5. The number of benzene rings is 2. The Balaban J connectivity index is 1.26. The Morgan fingerprint density at radius 3 is 2.40 bits per heavy atom. The van der Waals surface area contributed by atoms with Crippen LogP contribution in [-0.2, 0) is 27.4 Å². The topological polar surface area (TPSA) is 111 Å². The summed E-state index contributed by atoms with van der Waals surface area (Å²) in [6.07, 6.45) is 10.3. The van der Waals surface area contributed by atoms with Crippen LogP contribution in [0.2, 0.25) is 0 Å². The molecule has 1 fully saturated rings. The summed E-state index contributed by atoms with van der Waals surface area (Å²) >= 11 is 0. The lowest BCUT2D eigenvalue weighted by Crippen LogP contribution is -2.52. The third-order valence-electron chi connectivity index (χ3n) is 8.41. The first-order valence-corrected chi connectivity index (χ1v) is 15.5. The number of rotatable bonds is 12. The summed E-state index contributed by atoms with van der Waals surface area (Å²) in [7, 11) is 0. The summed E-state index contributed by atoms with van der Waals surface area (Å²) in [4.78, 5) is 49.2. The van der Waals surface area contributed by atoms with Crippen LogP contribution in [0.25, 0.3) is 5.57 Å². The number of carbonyl (C=O) groups excluding carboxylic acids is 3. The molecule has 0 radical (unpaired) electrons. The number of aromatic nitrogens is 2. The van der Waals surface area contributed by atoms with E-state index in [0.29, 0.717) is 36.0 Å². The minimum absolute atomic E-state index is 0.100. The molecular formula is C36H40N4O5. The van der Waals surface area contributed by atoms with Crippen molar-refractivity contribution in [1.29, 1.82) is 0 Å². The van der Waals surface area contributed by atoms with Crippen molar-refractivity contribution in [2.45, 2.75) is 51.7 Å². The molecular weight excluding hydrogens is 568 g/mol. The fourth-order valence-electron chi connectivity index (χ4n) is 5.91. The van der Waals surface area contributed by atoms with Crippen LogP contribution in [0, 0.1) is 12.8 Å². The SMILES string of the molecule is CCOC(=O)CNC(=O)c1nc(CC2CCN(C3(C=O)C=CC(c4ccccc4)=CC3)CC2)nc(C)c1OCc1ccccc1. The maximum absolute atomic E-state index is 13.2. The lowest BCUT2D eigenvalue weighted by molar-refractivity contribution is -0.141. The van der Waals surface area contributed by atoms with Crippen molar-refractivity contribution in [3.63, 3.8) is 0 Å². The molecule has 1 saturated heterocycles. The van der Waals surface area contributed by atoms with Crippen LogP contribution in [0.1, 0.15) is 59.3 Å². The van der Waals surface area contributed by atoms with Crippen LogP contribution in [0.4, 0.5) is 0 Å². The highest BCUT2D eigenvalue weighted by Crippen LogP contribution is 2.34. The van der Waals surface area contributed by atoms with E-state index in [2.05, 4.69) is 39.5 Å². The average Bonchev–Trinajstić information content (AvgIpc) is 3.08. The van der Waals surface area contributed by atoms with E-state index < -0.39 is 17.4 Å². The third kappa shape index (κ3) is 7.91. The summed E-state index contributed by atoms with van der Waals surface area (Å²) in [5.41, 5.74) is 3.24. The molecule has 1 aliphatic heterocycles. The van der Waals surface area contributed by atoms with Crippen molar-refractivity contribution in [3.05, 3.63) is 107 Å². The molecule has 0 bridgehead atoms. The maximum Gasteiger partial charge on any atom is 0.325 e. The number of piperidine rings is 1. The van der Waals surface area contributed by atoms with Crippen LogP contribution in [0.15, 0.2) is 78.9 Å². The second kappa shape index (κ2) is 14.9. The summed E-state index contributed by atoms with van der Waals surface area (Å²) in [5, 5.41) is 2.61. The van der Waals surface area contributed by atoms with Crippen LogP contribution < -0.4 is 10.1 Å². The minimum Gasteiger partial charge on any atom is -0.485 e. The fraction of sp³-hybridized carbons (Fsp3) is 0.361. The maximum atomic E-state index is 13.2. The Bertz CT molecular complexity index is 1550. The highest BCUT2D eigenvalue weighted by molar-refractivity contribution is 5.96. The number of amides is 1. The van der Waals surface area contributed by atoms with Gasteiger partial charge >= 0.3 is 5.97 Å². The van der Waals surface area contributed by atoms with E-state index in [9.17, 15) is 14.4 Å². The van der Waals surface area contributed by atoms with Crippen molar-refractivity contribution in [3.8, 4) is 5.75 Å². The Kier molecular flexibility index (Phi) is 10.5. The predicted molar refractivity (Wildman–Crippen MR) is 171 cm³/mol. The molecule has 234 valence electrons. The van der Waals surface area contributed by atoms with Gasteiger partial charge in [0, 0.05) is 6.42 Å². The molecule has 1 aromatic heterocycles. The molecule has 3 aromatic rings. The van der Waals surface area contributed by atoms with E-state index in [1.807, 2.05) is 54.6 Å². The third-order valence-corrected chi connectivity index (χ3v) is 8.41. The molecule has 9 nitrogen and oxygen atoms in total. The van der Waals surface area contributed by atoms with E-state index >= 15 is 0 Å². The molecule has 45 heavy (non-hydrogen) atoms. The van der Waals surface area contributed by atoms with E-state index in [1.54, 1.807) is 13.8 Å². The van der Waals surface area contributed by atoms with Gasteiger partial charge < -0.3 is 19.6 Å². The molecule has 9 heteroatoms. The fourth-order valence-corrected chi connectivity index (χ4v) is 5.91. The second-order valence-corrected chi connectivity index (χ2v) is 11.5. The van der Waals surface area contributed by atoms with Crippen LogP contribution >= 0.6 is 0 Å². The quantitative estimate of drug-likeness (QED) is 0.229. The number of ether oxygens (including phenoxy) is 2. The number of hydrogen-bond donors (Lipinski definition) is 1. The van der Waals surface area contributed by atoms with Crippen molar-refractivity contribution < 1.29 is 23.9 Å². The van der Waals surface area contributed by atoms with E-state index in [1.165, 1.54) is 0 Å². The monoisotopic (exact) mass is 608 g/mol. The molecule has 1 unspecified atom stereocenters. The van der Waals surface area contributed by atoms with Crippen molar-refractivity contribution >= 4 is 23.7 Å². The zero-order chi connectivity index (χ0) is 31.6. The number of aryl methyl sites for hydroxylation is 1. The number of likely N-dealkylation sites (tertiary alicyclic amines) is 1. The van der Waals surface area contributed by atoms with E-state index in [4.69, 9.17) is 14.5 Å². The largest absolute Gasteiger partial charge is 0.485 e. The van der Waals surface area contributed by atoms with Gasteiger partial charge in [0.25, 0.3) is 5.91 Å². The number of allylic oxidation sites excluding steroid dienone is 2. The van der Waals surface area contributed by atoms with Gasteiger partial charge in [-0.2, -0.15) is 0 Å².